The molecule has 3 aliphatic rings. The molecular formula is C20H23N3O3. The summed E-state index contributed by atoms with van der Waals surface area (Å²) < 4.78 is 4.99. The predicted molar refractivity (Wildman–Crippen MR) is 96.8 cm³/mol. The second-order valence-electron chi connectivity index (χ2n) is 8.00. The highest BCUT2D eigenvalue weighted by molar-refractivity contribution is 5.82. The van der Waals surface area contributed by atoms with Crippen LogP contribution < -0.4 is 5.32 Å². The number of piperidine rings is 1. The fraction of sp³-hybridized carbons (Fsp3) is 0.500. The largest absolute Gasteiger partial charge is 0.447 e. The van der Waals surface area contributed by atoms with Gasteiger partial charge < -0.3 is 19.9 Å². The minimum absolute atomic E-state index is 0.0293. The van der Waals surface area contributed by atoms with Gasteiger partial charge in [0.15, 0.2) is 0 Å². The number of aromatic amines is 1. The maximum atomic E-state index is 12.8. The van der Waals surface area contributed by atoms with E-state index in [-0.39, 0.29) is 23.5 Å². The molecule has 0 radical (unpaired) electrons. The van der Waals surface area contributed by atoms with Crippen molar-refractivity contribution in [2.24, 2.45) is 5.92 Å². The summed E-state index contributed by atoms with van der Waals surface area (Å²) in [5, 5.41) is 4.11. The van der Waals surface area contributed by atoms with Crippen molar-refractivity contribution in [3.63, 3.8) is 0 Å². The van der Waals surface area contributed by atoms with E-state index in [0.29, 0.717) is 25.4 Å². The van der Waals surface area contributed by atoms with Gasteiger partial charge in [0.25, 0.3) is 0 Å². The van der Waals surface area contributed by atoms with Crippen molar-refractivity contribution in [1.29, 1.82) is 0 Å². The van der Waals surface area contributed by atoms with Crippen LogP contribution in [0.1, 0.15) is 37.3 Å². The number of nitrogens with one attached hydrogen (secondary N) is 2. The zero-order valence-electron chi connectivity index (χ0n) is 14.7. The number of aromatic nitrogens is 1. The Bertz CT molecular complexity index is 827. The number of benzene rings is 1. The van der Waals surface area contributed by atoms with Crippen LogP contribution in [-0.4, -0.2) is 47.1 Å². The van der Waals surface area contributed by atoms with Gasteiger partial charge in [0, 0.05) is 36.1 Å². The molecule has 0 atom stereocenters. The summed E-state index contributed by atoms with van der Waals surface area (Å²) in [6.07, 6.45) is 3.06. The molecule has 6 nitrogen and oxygen atoms in total. The third kappa shape index (κ3) is 2.55. The summed E-state index contributed by atoms with van der Waals surface area (Å²) in [6, 6.07) is 10.6. The van der Waals surface area contributed by atoms with Crippen LogP contribution in [0.2, 0.25) is 0 Å². The predicted octanol–water partition coefficient (Wildman–Crippen LogP) is 2.76. The van der Waals surface area contributed by atoms with Gasteiger partial charge in [-0.2, -0.15) is 0 Å². The minimum Gasteiger partial charge on any atom is -0.447 e. The molecule has 2 aliphatic heterocycles. The molecule has 1 aliphatic carbocycles. The fourth-order valence-corrected chi connectivity index (χ4v) is 4.76. The van der Waals surface area contributed by atoms with Gasteiger partial charge >= 0.3 is 6.09 Å². The van der Waals surface area contributed by atoms with E-state index < -0.39 is 0 Å². The number of para-hydroxylation sites is 1. The number of cyclic esters (lactones) is 1. The van der Waals surface area contributed by atoms with Crippen LogP contribution in [0.5, 0.6) is 0 Å². The van der Waals surface area contributed by atoms with Crippen molar-refractivity contribution in [2.45, 2.75) is 37.1 Å². The van der Waals surface area contributed by atoms with Crippen LogP contribution in [0.15, 0.2) is 30.3 Å². The Labute approximate surface area is 151 Å². The highest BCUT2D eigenvalue weighted by Crippen LogP contribution is 2.42. The third-order valence-corrected chi connectivity index (χ3v) is 6.27. The summed E-state index contributed by atoms with van der Waals surface area (Å²) in [6.45, 7) is 2.02. The standard InChI is InChI=1S/C20H23N3O3/c24-18(15-10-20(11-15)12-26-19(25)22-20)23-7-5-13(6-8-23)17-9-14-3-1-2-4-16(14)21-17/h1-4,9,13,15,21H,5-8,10-12H2,(H,22,25). The number of ether oxygens (including phenoxy) is 1. The Kier molecular flexibility index (Phi) is 3.48. The lowest BCUT2D eigenvalue weighted by molar-refractivity contribution is -0.142. The zero-order chi connectivity index (χ0) is 17.7. The number of amides is 2. The van der Waals surface area contributed by atoms with Gasteiger partial charge in [-0.05, 0) is 43.2 Å². The Hall–Kier alpha value is -2.50. The Morgan fingerprint density at radius 1 is 1.19 bits per heavy atom. The molecule has 6 heteroatoms. The maximum absolute atomic E-state index is 12.8. The number of carbonyl (C=O) groups is 2. The number of fused-ring (bicyclic) bond motifs is 1. The second-order valence-corrected chi connectivity index (χ2v) is 8.00. The van der Waals surface area contributed by atoms with Gasteiger partial charge in [-0.15, -0.1) is 0 Å². The third-order valence-electron chi connectivity index (χ3n) is 6.27. The van der Waals surface area contributed by atoms with E-state index in [1.807, 2.05) is 11.0 Å². The molecule has 3 fully saturated rings. The summed E-state index contributed by atoms with van der Waals surface area (Å²) >= 11 is 0. The lowest BCUT2D eigenvalue weighted by Gasteiger charge is -2.44. The lowest BCUT2D eigenvalue weighted by Crippen LogP contribution is -2.58. The average Bonchev–Trinajstić information content (AvgIpc) is 3.23. The quantitative estimate of drug-likeness (QED) is 0.872. The van der Waals surface area contributed by atoms with Crippen molar-refractivity contribution in [2.75, 3.05) is 19.7 Å². The molecular weight excluding hydrogens is 330 g/mol. The number of rotatable bonds is 2. The molecule has 1 saturated carbocycles. The number of hydrogen-bond donors (Lipinski definition) is 2. The maximum Gasteiger partial charge on any atom is 0.407 e. The second kappa shape index (κ2) is 5.76. The van der Waals surface area contributed by atoms with Crippen molar-refractivity contribution in [3.8, 4) is 0 Å². The van der Waals surface area contributed by atoms with Crippen LogP contribution in [0.3, 0.4) is 0 Å². The lowest BCUT2D eigenvalue weighted by atomic mass is 9.68. The Morgan fingerprint density at radius 2 is 1.96 bits per heavy atom. The average molecular weight is 353 g/mol. The van der Waals surface area contributed by atoms with E-state index >= 15 is 0 Å². The van der Waals surface area contributed by atoms with Crippen molar-refractivity contribution >= 4 is 22.9 Å². The first-order valence-electron chi connectivity index (χ1n) is 9.43. The summed E-state index contributed by atoms with van der Waals surface area (Å²) in [5.41, 5.74) is 2.19. The van der Waals surface area contributed by atoms with Crippen molar-refractivity contribution in [1.82, 2.24) is 15.2 Å². The number of nitrogens with zero attached hydrogens (tertiary/aromatic N) is 1. The molecule has 3 heterocycles. The van der Waals surface area contributed by atoms with E-state index in [2.05, 4.69) is 34.6 Å². The topological polar surface area (TPSA) is 74.4 Å². The Morgan fingerprint density at radius 3 is 2.65 bits per heavy atom. The van der Waals surface area contributed by atoms with E-state index in [4.69, 9.17) is 4.74 Å². The van der Waals surface area contributed by atoms with Crippen molar-refractivity contribution < 1.29 is 14.3 Å². The first-order valence-corrected chi connectivity index (χ1v) is 9.43. The molecule has 0 unspecified atom stereocenters. The first-order chi connectivity index (χ1) is 12.6. The van der Waals surface area contributed by atoms with Gasteiger partial charge in [0.2, 0.25) is 5.91 Å². The molecule has 1 aromatic heterocycles. The normalized spacial score (nSPS) is 28.8. The zero-order valence-corrected chi connectivity index (χ0v) is 14.7. The van der Waals surface area contributed by atoms with Gasteiger partial charge in [0.1, 0.15) is 6.61 Å². The molecule has 136 valence electrons. The highest BCUT2D eigenvalue weighted by Gasteiger charge is 2.53. The van der Waals surface area contributed by atoms with E-state index in [1.54, 1.807) is 0 Å². The molecule has 1 spiro atoms. The van der Waals surface area contributed by atoms with Gasteiger partial charge in [-0.3, -0.25) is 4.79 Å². The smallest absolute Gasteiger partial charge is 0.407 e. The molecule has 1 aromatic carbocycles. The van der Waals surface area contributed by atoms with Crippen LogP contribution in [0, 0.1) is 5.92 Å². The van der Waals surface area contributed by atoms with Crippen LogP contribution in [0.4, 0.5) is 4.79 Å². The molecule has 2 N–H and O–H groups in total. The Balaban J connectivity index is 1.18. The molecule has 0 bridgehead atoms. The van der Waals surface area contributed by atoms with Gasteiger partial charge in [0.05, 0.1) is 5.54 Å². The van der Waals surface area contributed by atoms with Gasteiger partial charge in [-0.25, -0.2) is 4.79 Å². The summed E-state index contributed by atoms with van der Waals surface area (Å²) in [5.74, 6) is 0.759. The van der Waals surface area contributed by atoms with E-state index in [0.717, 1.165) is 25.9 Å². The van der Waals surface area contributed by atoms with Crippen LogP contribution >= 0.6 is 0 Å². The monoisotopic (exact) mass is 353 g/mol. The van der Waals surface area contributed by atoms with E-state index in [9.17, 15) is 9.59 Å². The van der Waals surface area contributed by atoms with Crippen LogP contribution in [0.25, 0.3) is 10.9 Å². The molecule has 26 heavy (non-hydrogen) atoms. The molecule has 5 rings (SSSR count). The number of carbonyl (C=O) groups excluding carboxylic acids is 2. The van der Waals surface area contributed by atoms with Gasteiger partial charge in [-0.1, -0.05) is 18.2 Å². The minimum atomic E-state index is -0.352. The fourth-order valence-electron chi connectivity index (χ4n) is 4.76. The molecule has 2 saturated heterocycles. The summed E-state index contributed by atoms with van der Waals surface area (Å²) in [7, 11) is 0. The number of hydrogen-bond acceptors (Lipinski definition) is 3. The first kappa shape index (κ1) is 15.7. The number of H-pyrrole nitrogens is 1. The SMILES string of the molecule is O=C1NC2(CO1)CC(C(=O)N1CCC(c3cc4ccccc4[nH]3)CC1)C2. The highest BCUT2D eigenvalue weighted by atomic mass is 16.6. The molecule has 2 amide bonds. The van der Waals surface area contributed by atoms with Crippen molar-refractivity contribution in [3.05, 3.63) is 36.0 Å². The molecule has 2 aromatic rings. The number of alkyl carbamates (subject to hydrolysis) is 1. The number of likely N-dealkylation sites (tertiary alicyclic amines) is 1. The van der Waals surface area contributed by atoms with Crippen LogP contribution in [-0.2, 0) is 9.53 Å². The van der Waals surface area contributed by atoms with E-state index in [1.165, 1.54) is 16.6 Å². The summed E-state index contributed by atoms with van der Waals surface area (Å²) in [4.78, 5) is 29.5.